The van der Waals surface area contributed by atoms with E-state index in [0.717, 1.165) is 34.7 Å². The molecule has 238 valence electrons. The molecule has 0 aliphatic carbocycles. The zero-order valence-corrected chi connectivity index (χ0v) is 27.4. The number of hydrogen-bond acceptors (Lipinski definition) is 6. The van der Waals surface area contributed by atoms with Gasteiger partial charge in [-0.05, 0) is 97.8 Å². The lowest BCUT2D eigenvalue weighted by molar-refractivity contribution is -0.115. The molecule has 0 saturated carbocycles. The summed E-state index contributed by atoms with van der Waals surface area (Å²) >= 11 is 1.41. The van der Waals surface area contributed by atoms with Gasteiger partial charge in [-0.25, -0.2) is 0 Å². The highest BCUT2D eigenvalue weighted by Crippen LogP contribution is 2.26. The molecule has 8 nitrogen and oxygen atoms in total. The van der Waals surface area contributed by atoms with E-state index in [4.69, 9.17) is 4.74 Å². The third kappa shape index (κ3) is 10.3. The van der Waals surface area contributed by atoms with Crippen LogP contribution in [0, 0.1) is 0 Å². The molecule has 46 heavy (non-hydrogen) atoms. The first-order chi connectivity index (χ1) is 22.2. The lowest BCUT2D eigenvalue weighted by Crippen LogP contribution is -2.30. The highest BCUT2D eigenvalue weighted by molar-refractivity contribution is 8.00. The summed E-state index contributed by atoms with van der Waals surface area (Å²) in [6, 6.07) is 31.0. The molecule has 0 bridgehead atoms. The first-order valence-electron chi connectivity index (χ1n) is 15.2. The second-order valence-electron chi connectivity index (χ2n) is 10.8. The van der Waals surface area contributed by atoms with Crippen molar-refractivity contribution in [1.29, 1.82) is 0 Å². The number of nitrogens with one attached hydrogen (secondary N) is 3. The number of rotatable bonds is 14. The van der Waals surface area contributed by atoms with Crippen molar-refractivity contribution in [2.45, 2.75) is 36.8 Å². The lowest BCUT2D eigenvalue weighted by atomic mass is 10.1. The minimum absolute atomic E-state index is 0.107. The topological polar surface area (TPSA) is 99.8 Å². The van der Waals surface area contributed by atoms with E-state index in [-0.39, 0.29) is 22.8 Å². The predicted molar refractivity (Wildman–Crippen MR) is 189 cm³/mol. The Kier molecular flexibility index (Phi) is 12.4. The Labute approximate surface area is 275 Å². The van der Waals surface area contributed by atoms with Crippen LogP contribution in [0.3, 0.4) is 0 Å². The van der Waals surface area contributed by atoms with Crippen molar-refractivity contribution in [2.24, 2.45) is 0 Å². The fourth-order valence-electron chi connectivity index (χ4n) is 4.26. The molecule has 0 radical (unpaired) electrons. The Balaban J connectivity index is 1.38. The van der Waals surface area contributed by atoms with Gasteiger partial charge in [0.15, 0.2) is 0 Å². The Morgan fingerprint density at radius 3 is 2.09 bits per heavy atom. The van der Waals surface area contributed by atoms with Gasteiger partial charge in [0.1, 0.15) is 11.4 Å². The maximum atomic E-state index is 13.4. The van der Waals surface area contributed by atoms with Crippen LogP contribution in [0.2, 0.25) is 0 Å². The number of thioether (sulfide) groups is 1. The smallest absolute Gasteiger partial charge is 0.272 e. The van der Waals surface area contributed by atoms with Crippen molar-refractivity contribution in [2.75, 3.05) is 36.2 Å². The van der Waals surface area contributed by atoms with Gasteiger partial charge < -0.3 is 25.6 Å². The molecule has 4 aromatic carbocycles. The van der Waals surface area contributed by atoms with Crippen LogP contribution < -0.4 is 25.6 Å². The van der Waals surface area contributed by atoms with Crippen molar-refractivity contribution in [3.05, 3.63) is 120 Å². The summed E-state index contributed by atoms with van der Waals surface area (Å²) in [5, 5.41) is 8.23. The van der Waals surface area contributed by atoms with E-state index in [1.807, 2.05) is 92.6 Å². The molecule has 3 amide bonds. The van der Waals surface area contributed by atoms with Gasteiger partial charge in [0.05, 0.1) is 11.9 Å². The van der Waals surface area contributed by atoms with Gasteiger partial charge in [-0.15, -0.1) is 11.8 Å². The van der Waals surface area contributed by atoms with E-state index in [9.17, 15) is 14.4 Å². The molecular weight excluding hydrogens is 596 g/mol. The molecule has 9 heteroatoms. The zero-order valence-electron chi connectivity index (χ0n) is 26.6. The number of hydrogen-bond donors (Lipinski definition) is 3. The molecule has 0 fully saturated rings. The van der Waals surface area contributed by atoms with Crippen molar-refractivity contribution in [3.8, 4) is 5.75 Å². The molecule has 1 unspecified atom stereocenters. The fraction of sp³-hybridized carbons (Fsp3) is 0.216. The zero-order chi connectivity index (χ0) is 32.9. The van der Waals surface area contributed by atoms with Crippen LogP contribution in [0.25, 0.3) is 6.08 Å². The van der Waals surface area contributed by atoms with Gasteiger partial charge in [-0.2, -0.15) is 0 Å². The average Bonchev–Trinajstić information content (AvgIpc) is 3.06. The summed E-state index contributed by atoms with van der Waals surface area (Å²) in [5.41, 5.74) is 3.58. The van der Waals surface area contributed by atoms with Gasteiger partial charge >= 0.3 is 0 Å². The number of benzene rings is 4. The van der Waals surface area contributed by atoms with Crippen LogP contribution >= 0.6 is 11.8 Å². The first kappa shape index (κ1) is 33.9. The monoisotopic (exact) mass is 636 g/mol. The SMILES string of the molecule is CCCCOc1ccc(NC(=O)C(C)Sc2ccc(NC(=O)/C(=C/c3ccc(N(C)C)cc3)NC(=O)c3ccccc3)cc2)cc1. The first-order valence-corrected chi connectivity index (χ1v) is 16.1. The third-order valence-electron chi connectivity index (χ3n) is 6.93. The Morgan fingerprint density at radius 2 is 1.46 bits per heavy atom. The minimum Gasteiger partial charge on any atom is -0.494 e. The number of ether oxygens (including phenoxy) is 1. The summed E-state index contributed by atoms with van der Waals surface area (Å²) in [6.07, 6.45) is 3.71. The summed E-state index contributed by atoms with van der Waals surface area (Å²) in [4.78, 5) is 42.0. The Hall–Kier alpha value is -5.02. The van der Waals surface area contributed by atoms with Crippen molar-refractivity contribution in [1.82, 2.24) is 5.32 Å². The molecule has 4 rings (SSSR count). The lowest BCUT2D eigenvalue weighted by Gasteiger charge is -2.14. The van der Waals surface area contributed by atoms with Gasteiger partial charge in [-0.1, -0.05) is 43.7 Å². The van der Waals surface area contributed by atoms with E-state index >= 15 is 0 Å². The van der Waals surface area contributed by atoms with Gasteiger partial charge in [0, 0.05) is 41.6 Å². The molecule has 0 aliphatic heterocycles. The quantitative estimate of drug-likeness (QED) is 0.0755. The van der Waals surface area contributed by atoms with Crippen LogP contribution in [0.5, 0.6) is 5.75 Å². The standard InChI is InChI=1S/C37H40N4O4S/c1-5-6-24-45-32-20-14-29(15-21-32)38-35(42)26(2)46-33-22-16-30(17-23-33)39-37(44)34(40-36(43)28-10-8-7-9-11-28)25-27-12-18-31(19-13-27)41(3)4/h7-23,25-26H,5-6,24H2,1-4H3,(H,38,42)(H,39,44)(H,40,43)/b34-25-. The maximum absolute atomic E-state index is 13.4. The van der Waals surface area contributed by atoms with Crippen molar-refractivity contribution >= 4 is 52.6 Å². The largest absolute Gasteiger partial charge is 0.494 e. The molecule has 4 aromatic rings. The van der Waals surface area contributed by atoms with E-state index in [0.29, 0.717) is 23.5 Å². The number of unbranched alkanes of at least 4 members (excludes halogenated alkanes) is 1. The van der Waals surface area contributed by atoms with Gasteiger partial charge in [0.2, 0.25) is 5.91 Å². The third-order valence-corrected chi connectivity index (χ3v) is 8.04. The van der Waals surface area contributed by atoms with Crippen LogP contribution in [-0.2, 0) is 9.59 Å². The van der Waals surface area contributed by atoms with Crippen LogP contribution in [0.15, 0.2) is 114 Å². The number of carbonyl (C=O) groups excluding carboxylic acids is 3. The van der Waals surface area contributed by atoms with Crippen LogP contribution in [-0.4, -0.2) is 43.7 Å². The molecule has 0 spiro atoms. The Morgan fingerprint density at radius 1 is 0.826 bits per heavy atom. The molecule has 3 N–H and O–H groups in total. The van der Waals surface area contributed by atoms with Crippen molar-refractivity contribution < 1.29 is 19.1 Å². The Bertz CT molecular complexity index is 1620. The number of amides is 3. The normalized spacial score (nSPS) is 11.7. The minimum atomic E-state index is -0.462. The summed E-state index contributed by atoms with van der Waals surface area (Å²) < 4.78 is 5.69. The highest BCUT2D eigenvalue weighted by atomic mass is 32.2. The summed E-state index contributed by atoms with van der Waals surface area (Å²) in [7, 11) is 3.90. The molecule has 0 aliphatic rings. The number of nitrogens with zero attached hydrogens (tertiary/aromatic N) is 1. The average molecular weight is 637 g/mol. The van der Waals surface area contributed by atoms with E-state index in [1.54, 1.807) is 42.5 Å². The molecule has 0 aromatic heterocycles. The highest BCUT2D eigenvalue weighted by Gasteiger charge is 2.17. The van der Waals surface area contributed by atoms with Crippen LogP contribution in [0.4, 0.5) is 17.1 Å². The number of anilines is 3. The van der Waals surface area contributed by atoms with Crippen molar-refractivity contribution in [3.63, 3.8) is 0 Å². The second kappa shape index (κ2) is 16.9. The van der Waals surface area contributed by atoms with E-state index in [2.05, 4.69) is 22.9 Å². The molecule has 0 saturated heterocycles. The predicted octanol–water partition coefficient (Wildman–Crippen LogP) is 7.46. The molecule has 0 heterocycles. The van der Waals surface area contributed by atoms with Gasteiger partial charge in [0.25, 0.3) is 11.8 Å². The van der Waals surface area contributed by atoms with Crippen LogP contribution in [0.1, 0.15) is 42.6 Å². The fourth-order valence-corrected chi connectivity index (χ4v) is 5.13. The second-order valence-corrected chi connectivity index (χ2v) is 12.2. The summed E-state index contributed by atoms with van der Waals surface area (Å²) in [6.45, 7) is 4.63. The number of carbonyl (C=O) groups is 3. The maximum Gasteiger partial charge on any atom is 0.272 e. The molecular formula is C37H40N4O4S. The van der Waals surface area contributed by atoms with Gasteiger partial charge in [-0.3, -0.25) is 14.4 Å². The summed E-state index contributed by atoms with van der Waals surface area (Å²) in [5.74, 6) is -0.191. The van der Waals surface area contributed by atoms with E-state index in [1.165, 1.54) is 11.8 Å². The molecule has 1 atom stereocenters. The van der Waals surface area contributed by atoms with E-state index < -0.39 is 5.91 Å².